The first-order chi connectivity index (χ1) is 16.6. The zero-order valence-electron chi connectivity index (χ0n) is 18.2. The number of aliphatic carboxylic acids is 1. The maximum Gasteiger partial charge on any atom is 0.335 e. The molecule has 0 saturated heterocycles. The van der Waals surface area contributed by atoms with E-state index in [1.807, 2.05) is 0 Å². The molecule has 0 fully saturated rings. The van der Waals surface area contributed by atoms with E-state index in [0.717, 1.165) is 4.57 Å². The number of carbonyl (C=O) groups is 1. The first-order valence-corrected chi connectivity index (χ1v) is 10.7. The zero-order chi connectivity index (χ0) is 25.3. The molecule has 1 atom stereocenters. The van der Waals surface area contributed by atoms with Crippen molar-refractivity contribution in [2.45, 2.75) is 25.9 Å². The molecule has 12 nitrogen and oxygen atoms in total. The number of nitrogens with zero attached hydrogens (tertiary/aromatic N) is 3. The maximum atomic E-state index is 13.3. The third kappa shape index (κ3) is 5.06. The Morgan fingerprint density at radius 1 is 1.06 bits per heavy atom. The Bertz CT molecular complexity index is 1740. The van der Waals surface area contributed by atoms with Gasteiger partial charge in [-0.25, -0.2) is 23.9 Å². The number of carboxylic acids is 1. The highest BCUT2D eigenvalue weighted by atomic mass is 35.5. The van der Waals surface area contributed by atoms with Crippen molar-refractivity contribution in [2.75, 3.05) is 0 Å². The van der Waals surface area contributed by atoms with Crippen LogP contribution < -0.4 is 28.2 Å². The Hall–Kier alpha value is -4.45. The van der Waals surface area contributed by atoms with E-state index in [4.69, 9.17) is 16.7 Å². The first kappa shape index (κ1) is 23.7. The summed E-state index contributed by atoms with van der Waals surface area (Å²) in [4.78, 5) is 72.4. The second-order valence-corrected chi connectivity index (χ2v) is 8.25. The van der Waals surface area contributed by atoms with Crippen molar-refractivity contribution in [1.29, 1.82) is 0 Å². The van der Waals surface area contributed by atoms with E-state index in [9.17, 15) is 24.0 Å². The van der Waals surface area contributed by atoms with Crippen LogP contribution in [0.1, 0.15) is 24.9 Å². The lowest BCUT2D eigenvalue weighted by Gasteiger charge is -2.15. The molecule has 4 aromatic rings. The minimum absolute atomic E-state index is 0.00705. The van der Waals surface area contributed by atoms with Crippen LogP contribution >= 0.6 is 11.6 Å². The zero-order valence-corrected chi connectivity index (χ0v) is 19.0. The highest BCUT2D eigenvalue weighted by molar-refractivity contribution is 6.30. The number of fused-ring (bicyclic) bond motifs is 1. The molecule has 0 aliphatic rings. The van der Waals surface area contributed by atoms with Gasteiger partial charge in [0.25, 0.3) is 5.56 Å². The van der Waals surface area contributed by atoms with Gasteiger partial charge in [-0.2, -0.15) is 0 Å². The lowest BCUT2D eigenvalue weighted by molar-refractivity contribution is -0.137. The predicted molar refractivity (Wildman–Crippen MR) is 127 cm³/mol. The number of halogens is 1. The third-order valence-electron chi connectivity index (χ3n) is 5.25. The summed E-state index contributed by atoms with van der Waals surface area (Å²) in [7, 11) is 0. The number of carboxylic acid groups (broad SMARTS) is 1. The van der Waals surface area contributed by atoms with Gasteiger partial charge in [0.2, 0.25) is 5.62 Å². The van der Waals surface area contributed by atoms with Gasteiger partial charge in [-0.3, -0.25) is 24.1 Å². The fourth-order valence-corrected chi connectivity index (χ4v) is 3.74. The van der Waals surface area contributed by atoms with Gasteiger partial charge < -0.3 is 10.1 Å². The van der Waals surface area contributed by atoms with Gasteiger partial charge in [0.1, 0.15) is 0 Å². The molecule has 0 aliphatic carbocycles. The summed E-state index contributed by atoms with van der Waals surface area (Å²) >= 11 is 5.95. The smallest absolute Gasteiger partial charge is 0.335 e. The third-order valence-corrected chi connectivity index (χ3v) is 5.50. The SMILES string of the molecule is C[C@@H](CC(=O)O)n1c(=O)[nH]/c(=N\c2ccc3[nH]c(=O)[nH]c(=O)c3c2)n(Cc2ccc(Cl)cc2)c1=O. The van der Waals surface area contributed by atoms with Crippen LogP contribution in [-0.2, 0) is 11.3 Å². The molecule has 0 radical (unpaired) electrons. The Morgan fingerprint density at radius 2 is 1.77 bits per heavy atom. The monoisotopic (exact) mass is 498 g/mol. The second kappa shape index (κ2) is 9.43. The Labute approximate surface area is 199 Å². The van der Waals surface area contributed by atoms with Crippen molar-refractivity contribution in [3.63, 3.8) is 0 Å². The van der Waals surface area contributed by atoms with Gasteiger partial charge in [-0.1, -0.05) is 23.7 Å². The van der Waals surface area contributed by atoms with Crippen molar-refractivity contribution in [2.24, 2.45) is 4.99 Å². The minimum Gasteiger partial charge on any atom is -0.481 e. The van der Waals surface area contributed by atoms with Crippen molar-refractivity contribution < 1.29 is 9.90 Å². The molecule has 180 valence electrons. The molecule has 0 bridgehead atoms. The number of aromatic amines is 3. The summed E-state index contributed by atoms with van der Waals surface area (Å²) in [6.07, 6.45) is -0.438. The van der Waals surface area contributed by atoms with Gasteiger partial charge in [0, 0.05) is 5.02 Å². The van der Waals surface area contributed by atoms with Crippen LogP contribution in [0.5, 0.6) is 0 Å². The molecule has 2 heterocycles. The van der Waals surface area contributed by atoms with E-state index in [2.05, 4.69) is 19.9 Å². The topological polar surface area (TPSA) is 175 Å². The molecule has 2 aromatic carbocycles. The fourth-order valence-electron chi connectivity index (χ4n) is 3.61. The number of nitrogens with one attached hydrogen (secondary N) is 3. The molecule has 0 saturated carbocycles. The van der Waals surface area contributed by atoms with Gasteiger partial charge in [0.05, 0.1) is 35.6 Å². The summed E-state index contributed by atoms with van der Waals surface area (Å²) in [6, 6.07) is 10.1. The lowest BCUT2D eigenvalue weighted by Crippen LogP contribution is -2.51. The van der Waals surface area contributed by atoms with Crippen LogP contribution in [0.25, 0.3) is 10.9 Å². The molecule has 13 heteroatoms. The molecule has 0 spiro atoms. The number of hydrogen-bond donors (Lipinski definition) is 4. The quantitative estimate of drug-likeness (QED) is 0.306. The molecule has 0 aliphatic heterocycles. The van der Waals surface area contributed by atoms with Crippen LogP contribution in [0.4, 0.5) is 5.69 Å². The van der Waals surface area contributed by atoms with Crippen molar-refractivity contribution in [3.8, 4) is 0 Å². The molecule has 0 unspecified atom stereocenters. The van der Waals surface area contributed by atoms with Gasteiger partial charge in [0.15, 0.2) is 0 Å². The molecule has 35 heavy (non-hydrogen) atoms. The van der Waals surface area contributed by atoms with Crippen molar-refractivity contribution >= 4 is 34.2 Å². The normalized spacial score (nSPS) is 12.7. The van der Waals surface area contributed by atoms with Crippen LogP contribution in [-0.4, -0.2) is 35.2 Å². The standard InChI is InChI=1S/C22H19ClN6O6/c1-11(8-17(30)31)29-21(34)27-19(28(22(29)35)10-12-2-4-13(23)5-3-12)24-14-6-7-16-15(9-14)18(32)26-20(33)25-16/h2-7,9,11H,8,10H2,1H3,(H,30,31)(H,24,27,34)(H2,25,26,32,33)/t11-/m0/s1. The molecule has 4 rings (SSSR count). The summed E-state index contributed by atoms with van der Waals surface area (Å²) in [5.41, 5.74) is -1.81. The molecule has 2 aromatic heterocycles. The van der Waals surface area contributed by atoms with Crippen molar-refractivity contribution in [1.82, 2.24) is 24.1 Å². The summed E-state index contributed by atoms with van der Waals surface area (Å²) < 4.78 is 2.00. The summed E-state index contributed by atoms with van der Waals surface area (Å²) in [5, 5.41) is 9.77. The Morgan fingerprint density at radius 3 is 2.46 bits per heavy atom. The van der Waals surface area contributed by atoms with Crippen molar-refractivity contribution in [3.05, 3.63) is 100 Å². The Balaban J connectivity index is 1.94. The van der Waals surface area contributed by atoms with E-state index in [-0.39, 0.29) is 28.8 Å². The predicted octanol–water partition coefficient (Wildman–Crippen LogP) is 0.838. The van der Waals surface area contributed by atoms with Crippen LogP contribution in [0, 0.1) is 0 Å². The number of hydrogen-bond acceptors (Lipinski definition) is 6. The minimum atomic E-state index is -1.17. The van der Waals surface area contributed by atoms with Gasteiger partial charge in [-0.05, 0) is 42.8 Å². The highest BCUT2D eigenvalue weighted by Crippen LogP contribution is 2.16. The average Bonchev–Trinajstić information content (AvgIpc) is 2.77. The summed E-state index contributed by atoms with van der Waals surface area (Å²) in [6.45, 7) is 1.44. The number of H-pyrrole nitrogens is 3. The van der Waals surface area contributed by atoms with E-state index in [0.29, 0.717) is 10.6 Å². The number of aromatic nitrogens is 5. The van der Waals surface area contributed by atoms with Gasteiger partial charge >= 0.3 is 23.0 Å². The van der Waals surface area contributed by atoms with Crippen LogP contribution in [0.3, 0.4) is 0 Å². The fraction of sp³-hybridized carbons (Fsp3) is 0.182. The average molecular weight is 499 g/mol. The molecule has 4 N–H and O–H groups in total. The Kier molecular flexibility index (Phi) is 6.38. The maximum absolute atomic E-state index is 13.3. The van der Waals surface area contributed by atoms with Crippen LogP contribution in [0.2, 0.25) is 5.02 Å². The van der Waals surface area contributed by atoms with E-state index >= 15 is 0 Å². The van der Waals surface area contributed by atoms with E-state index in [1.165, 1.54) is 29.7 Å². The molecule has 0 amide bonds. The largest absolute Gasteiger partial charge is 0.481 e. The second-order valence-electron chi connectivity index (χ2n) is 7.82. The number of rotatable bonds is 6. The van der Waals surface area contributed by atoms with Crippen LogP contribution in [0.15, 0.2) is 66.6 Å². The van der Waals surface area contributed by atoms with E-state index < -0.39 is 41.1 Å². The first-order valence-electron chi connectivity index (χ1n) is 10.4. The molecular formula is C22H19ClN6O6. The number of benzene rings is 2. The molecular weight excluding hydrogens is 480 g/mol. The lowest BCUT2D eigenvalue weighted by atomic mass is 10.2. The van der Waals surface area contributed by atoms with E-state index in [1.54, 1.807) is 24.3 Å². The highest BCUT2D eigenvalue weighted by Gasteiger charge is 2.17. The van der Waals surface area contributed by atoms with Gasteiger partial charge in [-0.15, -0.1) is 0 Å². The summed E-state index contributed by atoms with van der Waals surface area (Å²) in [5.74, 6) is -1.17.